The minimum Gasteiger partial charge on any atom is -0.451 e. The van der Waals surface area contributed by atoms with Gasteiger partial charge in [-0.2, -0.15) is 0 Å². The molecule has 0 amide bonds. The number of Topliss-reactive ketones (excluding diaryl/α,β-unsaturated/α-hetero) is 2. The van der Waals surface area contributed by atoms with Crippen LogP contribution in [0.5, 0.6) is 0 Å². The molecule has 0 aliphatic rings. The van der Waals surface area contributed by atoms with Gasteiger partial charge in [0.05, 0.1) is 11.3 Å². The quantitative estimate of drug-likeness (QED) is 0.616. The number of aryl methyl sites for hydroxylation is 1. The minimum atomic E-state index is -0.971. The Labute approximate surface area is 148 Å². The smallest absolute Gasteiger partial charge is 0.339 e. The van der Waals surface area contributed by atoms with Gasteiger partial charge in [0.2, 0.25) is 5.78 Å². The Balaban J connectivity index is 2.22. The Kier molecular flexibility index (Phi) is 5.39. The number of esters is 1. The van der Waals surface area contributed by atoms with E-state index in [4.69, 9.17) is 4.74 Å². The first-order valence-corrected chi connectivity index (χ1v) is 8.23. The molecule has 6 heteroatoms. The second-order valence-electron chi connectivity index (χ2n) is 5.57. The first-order chi connectivity index (χ1) is 11.2. The standard InChI is InChI=1S/C18H18BrNO4/c1-9-15(11(3)21)10(2)20-16(9)17(22)12(4)24-18(23)13-7-5-6-8-14(13)19/h5-8,12,20H,1-4H3/t12-/m1/s1. The number of rotatable bonds is 5. The van der Waals surface area contributed by atoms with Gasteiger partial charge in [0.1, 0.15) is 0 Å². The van der Waals surface area contributed by atoms with E-state index in [1.54, 1.807) is 38.1 Å². The van der Waals surface area contributed by atoms with Crippen molar-refractivity contribution in [3.63, 3.8) is 0 Å². The van der Waals surface area contributed by atoms with E-state index < -0.39 is 12.1 Å². The first-order valence-electron chi connectivity index (χ1n) is 7.43. The average molecular weight is 392 g/mol. The average Bonchev–Trinajstić information content (AvgIpc) is 2.81. The summed E-state index contributed by atoms with van der Waals surface area (Å²) < 4.78 is 5.87. The molecule has 0 radical (unpaired) electrons. The number of aromatic amines is 1. The molecule has 0 spiro atoms. The molecular weight excluding hydrogens is 374 g/mol. The Bertz CT molecular complexity index is 822. The summed E-state index contributed by atoms with van der Waals surface area (Å²) >= 11 is 3.28. The van der Waals surface area contributed by atoms with E-state index in [-0.39, 0.29) is 11.6 Å². The summed E-state index contributed by atoms with van der Waals surface area (Å²) in [5, 5.41) is 0. The van der Waals surface area contributed by atoms with Crippen molar-refractivity contribution < 1.29 is 19.1 Å². The minimum absolute atomic E-state index is 0.113. The van der Waals surface area contributed by atoms with Crippen molar-refractivity contribution >= 4 is 33.5 Å². The van der Waals surface area contributed by atoms with E-state index in [9.17, 15) is 14.4 Å². The van der Waals surface area contributed by atoms with Crippen LogP contribution < -0.4 is 0 Å². The van der Waals surface area contributed by atoms with Gasteiger partial charge in [-0.05, 0) is 61.3 Å². The maximum atomic E-state index is 12.6. The number of H-pyrrole nitrogens is 1. The molecule has 126 valence electrons. The van der Waals surface area contributed by atoms with Gasteiger partial charge < -0.3 is 9.72 Å². The maximum Gasteiger partial charge on any atom is 0.339 e. The van der Waals surface area contributed by atoms with Gasteiger partial charge >= 0.3 is 5.97 Å². The van der Waals surface area contributed by atoms with E-state index in [0.29, 0.717) is 32.6 Å². The van der Waals surface area contributed by atoms with Gasteiger partial charge in [0.25, 0.3) is 0 Å². The van der Waals surface area contributed by atoms with Crippen LogP contribution in [0.2, 0.25) is 0 Å². The molecule has 24 heavy (non-hydrogen) atoms. The molecule has 1 aromatic heterocycles. The third-order valence-electron chi connectivity index (χ3n) is 3.78. The van der Waals surface area contributed by atoms with Crippen molar-refractivity contribution in [2.75, 3.05) is 0 Å². The second-order valence-corrected chi connectivity index (χ2v) is 6.43. The molecule has 0 bridgehead atoms. The zero-order chi connectivity index (χ0) is 18.0. The SMILES string of the molecule is CC(=O)c1c(C)[nH]c(C(=O)[C@@H](C)OC(=O)c2ccccc2Br)c1C. The van der Waals surface area contributed by atoms with Gasteiger partial charge in [-0.1, -0.05) is 12.1 Å². The van der Waals surface area contributed by atoms with Crippen molar-refractivity contribution in [3.8, 4) is 0 Å². The van der Waals surface area contributed by atoms with Gasteiger partial charge in [-0.15, -0.1) is 0 Å². The van der Waals surface area contributed by atoms with Gasteiger partial charge in [0.15, 0.2) is 11.9 Å². The summed E-state index contributed by atoms with van der Waals surface area (Å²) in [5.74, 6) is -1.07. The number of nitrogens with one attached hydrogen (secondary N) is 1. The van der Waals surface area contributed by atoms with Crippen LogP contribution in [-0.2, 0) is 4.74 Å². The van der Waals surface area contributed by atoms with E-state index in [1.165, 1.54) is 13.8 Å². The topological polar surface area (TPSA) is 76.2 Å². The fraction of sp³-hybridized carbons (Fsp3) is 0.278. The summed E-state index contributed by atoms with van der Waals surface area (Å²) in [6, 6.07) is 6.83. The molecular formula is C18H18BrNO4. The largest absolute Gasteiger partial charge is 0.451 e. The number of benzene rings is 1. The Morgan fingerprint density at radius 3 is 2.33 bits per heavy atom. The van der Waals surface area contributed by atoms with Gasteiger partial charge in [0, 0.05) is 15.7 Å². The van der Waals surface area contributed by atoms with Crippen LogP contribution in [0.25, 0.3) is 0 Å². The lowest BCUT2D eigenvalue weighted by molar-refractivity contribution is 0.0316. The zero-order valence-corrected chi connectivity index (χ0v) is 15.5. The lowest BCUT2D eigenvalue weighted by atomic mass is 10.0. The van der Waals surface area contributed by atoms with Crippen LogP contribution in [0.1, 0.15) is 56.3 Å². The second kappa shape index (κ2) is 7.13. The molecule has 0 saturated heterocycles. The Hall–Kier alpha value is -2.21. The van der Waals surface area contributed by atoms with Crippen molar-refractivity contribution in [2.24, 2.45) is 0 Å². The number of halogens is 1. The van der Waals surface area contributed by atoms with Crippen LogP contribution in [0, 0.1) is 13.8 Å². The van der Waals surface area contributed by atoms with Crippen LogP contribution in [-0.4, -0.2) is 28.6 Å². The van der Waals surface area contributed by atoms with Crippen molar-refractivity contribution in [3.05, 3.63) is 56.8 Å². The molecule has 0 unspecified atom stereocenters. The van der Waals surface area contributed by atoms with Crippen LogP contribution >= 0.6 is 15.9 Å². The molecule has 1 N–H and O–H groups in total. The normalized spacial score (nSPS) is 11.9. The fourth-order valence-corrected chi connectivity index (χ4v) is 3.08. The summed E-state index contributed by atoms with van der Waals surface area (Å²) in [5.41, 5.74) is 2.36. The molecule has 1 atom stereocenters. The molecule has 5 nitrogen and oxygen atoms in total. The first kappa shape index (κ1) is 18.1. The Morgan fingerprint density at radius 2 is 1.79 bits per heavy atom. The monoisotopic (exact) mass is 391 g/mol. The van der Waals surface area contributed by atoms with E-state index in [0.717, 1.165) is 0 Å². The van der Waals surface area contributed by atoms with Crippen molar-refractivity contribution in [1.29, 1.82) is 0 Å². The van der Waals surface area contributed by atoms with Crippen LogP contribution in [0.15, 0.2) is 28.7 Å². The van der Waals surface area contributed by atoms with E-state index in [2.05, 4.69) is 20.9 Å². The molecule has 2 rings (SSSR count). The highest BCUT2D eigenvalue weighted by atomic mass is 79.9. The van der Waals surface area contributed by atoms with Crippen LogP contribution in [0.3, 0.4) is 0 Å². The molecule has 1 aromatic carbocycles. The summed E-state index contributed by atoms with van der Waals surface area (Å²) in [6.45, 7) is 6.40. The molecule has 0 aliphatic heterocycles. The highest BCUT2D eigenvalue weighted by Crippen LogP contribution is 2.22. The number of hydrogen-bond donors (Lipinski definition) is 1. The maximum absolute atomic E-state index is 12.6. The summed E-state index contributed by atoms with van der Waals surface area (Å²) in [7, 11) is 0. The number of ether oxygens (including phenoxy) is 1. The van der Waals surface area contributed by atoms with E-state index in [1.807, 2.05) is 0 Å². The predicted molar refractivity (Wildman–Crippen MR) is 93.6 cm³/mol. The van der Waals surface area contributed by atoms with Crippen molar-refractivity contribution in [2.45, 2.75) is 33.8 Å². The number of carbonyl (C=O) groups excluding carboxylic acids is 3. The molecule has 1 heterocycles. The lowest BCUT2D eigenvalue weighted by Crippen LogP contribution is -2.25. The molecule has 0 fully saturated rings. The number of carbonyl (C=O) groups is 3. The van der Waals surface area contributed by atoms with Crippen molar-refractivity contribution in [1.82, 2.24) is 4.98 Å². The third-order valence-corrected chi connectivity index (χ3v) is 4.47. The lowest BCUT2D eigenvalue weighted by Gasteiger charge is -2.13. The number of ketones is 2. The predicted octanol–water partition coefficient (Wildman–Crippen LogP) is 4.02. The molecule has 0 aliphatic carbocycles. The Morgan fingerprint density at radius 1 is 1.17 bits per heavy atom. The molecule has 2 aromatic rings. The summed E-state index contributed by atoms with van der Waals surface area (Å²) in [6.07, 6.45) is -0.971. The number of aromatic nitrogens is 1. The zero-order valence-electron chi connectivity index (χ0n) is 13.9. The highest BCUT2D eigenvalue weighted by Gasteiger charge is 2.26. The third kappa shape index (κ3) is 3.48. The van der Waals surface area contributed by atoms with E-state index >= 15 is 0 Å². The molecule has 0 saturated carbocycles. The number of hydrogen-bond acceptors (Lipinski definition) is 4. The van der Waals surface area contributed by atoms with Gasteiger partial charge in [-0.25, -0.2) is 4.79 Å². The van der Waals surface area contributed by atoms with Crippen LogP contribution in [0.4, 0.5) is 0 Å². The van der Waals surface area contributed by atoms with Gasteiger partial charge in [-0.3, -0.25) is 9.59 Å². The fourth-order valence-electron chi connectivity index (χ4n) is 2.63. The highest BCUT2D eigenvalue weighted by molar-refractivity contribution is 9.10. The summed E-state index contributed by atoms with van der Waals surface area (Å²) in [4.78, 5) is 39.4.